The van der Waals surface area contributed by atoms with E-state index in [2.05, 4.69) is 10.5 Å². The van der Waals surface area contributed by atoms with Gasteiger partial charge < -0.3 is 19.3 Å². The quantitative estimate of drug-likeness (QED) is 0.318. The summed E-state index contributed by atoms with van der Waals surface area (Å²) in [6.45, 7) is 0.722. The summed E-state index contributed by atoms with van der Waals surface area (Å²) in [5.74, 6) is 1.03. The first-order valence-electron chi connectivity index (χ1n) is 10.2. The summed E-state index contributed by atoms with van der Waals surface area (Å²) in [6, 6.07) is 20.4. The number of nitrogens with zero attached hydrogens (tertiary/aromatic N) is 1. The van der Waals surface area contributed by atoms with E-state index in [1.807, 2.05) is 30.3 Å². The fourth-order valence-electron chi connectivity index (χ4n) is 3.09. The predicted octanol–water partition coefficient (Wildman–Crippen LogP) is 6.07. The van der Waals surface area contributed by atoms with Gasteiger partial charge in [-0.25, -0.2) is 0 Å². The molecule has 1 aromatic heterocycles. The predicted molar refractivity (Wildman–Crippen MR) is 119 cm³/mol. The van der Waals surface area contributed by atoms with Crippen LogP contribution in [0.2, 0.25) is 0 Å². The molecule has 9 heteroatoms. The molecule has 34 heavy (non-hydrogen) atoms. The maximum Gasteiger partial charge on any atom is 0.416 e. The van der Waals surface area contributed by atoms with E-state index in [0.717, 1.165) is 17.9 Å². The molecule has 4 aromatic rings. The van der Waals surface area contributed by atoms with E-state index in [1.54, 1.807) is 24.3 Å². The van der Waals surface area contributed by atoms with E-state index < -0.39 is 17.6 Å². The summed E-state index contributed by atoms with van der Waals surface area (Å²) in [7, 11) is 0. The second-order valence-electron chi connectivity index (χ2n) is 7.13. The molecule has 3 aromatic carbocycles. The molecular formula is C25H19F3N2O4. The first kappa shape index (κ1) is 22.9. The number of nitrogens with one attached hydrogen (secondary N) is 1. The van der Waals surface area contributed by atoms with Gasteiger partial charge in [-0.2, -0.15) is 13.2 Å². The average molecular weight is 468 g/mol. The van der Waals surface area contributed by atoms with Crippen LogP contribution in [0.15, 0.2) is 89.6 Å². The first-order chi connectivity index (χ1) is 16.4. The molecule has 174 valence electrons. The van der Waals surface area contributed by atoms with Crippen LogP contribution in [0.5, 0.6) is 11.5 Å². The largest absolute Gasteiger partial charge is 0.490 e. The van der Waals surface area contributed by atoms with E-state index in [4.69, 9.17) is 14.0 Å². The standard InChI is InChI=1S/C25H19F3N2O4/c26-25(27,28)18-8-10-19(11-9-18)30-24(31)22-16-29-34-23(22)17-6-12-21(13-7-17)33-15-14-32-20-4-2-1-3-5-20/h1-13,16H,14-15H2,(H,30,31). The number of halogens is 3. The SMILES string of the molecule is O=C(Nc1ccc(C(F)(F)F)cc1)c1cnoc1-c1ccc(OCCOc2ccccc2)cc1. The normalized spacial score (nSPS) is 11.1. The second-order valence-corrected chi connectivity index (χ2v) is 7.13. The molecular weight excluding hydrogens is 449 g/mol. The minimum Gasteiger partial charge on any atom is -0.490 e. The van der Waals surface area contributed by atoms with Gasteiger partial charge >= 0.3 is 6.18 Å². The Morgan fingerprint density at radius 1 is 0.853 bits per heavy atom. The van der Waals surface area contributed by atoms with Crippen molar-refractivity contribution in [3.8, 4) is 22.8 Å². The third-order valence-corrected chi connectivity index (χ3v) is 4.77. The van der Waals surface area contributed by atoms with E-state index in [0.29, 0.717) is 24.5 Å². The highest BCUT2D eigenvalue weighted by molar-refractivity contribution is 6.07. The van der Waals surface area contributed by atoms with Crippen molar-refractivity contribution >= 4 is 11.6 Å². The molecule has 0 atom stereocenters. The van der Waals surface area contributed by atoms with Crippen molar-refractivity contribution in [3.63, 3.8) is 0 Å². The van der Waals surface area contributed by atoms with Crippen molar-refractivity contribution in [2.45, 2.75) is 6.18 Å². The molecule has 0 spiro atoms. The number of hydrogen-bond acceptors (Lipinski definition) is 5. The van der Waals surface area contributed by atoms with Gasteiger partial charge in [0.05, 0.1) is 11.8 Å². The lowest BCUT2D eigenvalue weighted by Crippen LogP contribution is -2.12. The molecule has 1 amide bonds. The van der Waals surface area contributed by atoms with Gasteiger partial charge in [0, 0.05) is 11.3 Å². The molecule has 0 aliphatic carbocycles. The number of hydrogen-bond donors (Lipinski definition) is 1. The van der Waals surface area contributed by atoms with Gasteiger partial charge in [0.2, 0.25) is 0 Å². The first-order valence-corrected chi connectivity index (χ1v) is 10.2. The average Bonchev–Trinajstić information content (AvgIpc) is 3.33. The topological polar surface area (TPSA) is 73.6 Å². The van der Waals surface area contributed by atoms with E-state index in [-0.39, 0.29) is 17.0 Å². The highest BCUT2D eigenvalue weighted by Crippen LogP contribution is 2.30. The molecule has 4 rings (SSSR count). The number of anilines is 1. The number of para-hydroxylation sites is 1. The third-order valence-electron chi connectivity index (χ3n) is 4.77. The fourth-order valence-corrected chi connectivity index (χ4v) is 3.09. The monoisotopic (exact) mass is 468 g/mol. The molecule has 0 saturated carbocycles. The molecule has 0 saturated heterocycles. The smallest absolute Gasteiger partial charge is 0.416 e. The van der Waals surface area contributed by atoms with Crippen LogP contribution in [0.3, 0.4) is 0 Å². The molecule has 0 radical (unpaired) electrons. The lowest BCUT2D eigenvalue weighted by atomic mass is 10.1. The number of ether oxygens (including phenoxy) is 2. The number of carbonyl (C=O) groups is 1. The van der Waals surface area contributed by atoms with Crippen LogP contribution in [0.25, 0.3) is 11.3 Å². The Kier molecular flexibility index (Phi) is 6.82. The van der Waals surface area contributed by atoms with Crippen molar-refractivity contribution in [1.29, 1.82) is 0 Å². The Labute approximate surface area is 192 Å². The minimum atomic E-state index is -4.45. The number of carbonyl (C=O) groups excluding carboxylic acids is 1. The van der Waals surface area contributed by atoms with Crippen molar-refractivity contribution in [2.24, 2.45) is 0 Å². The molecule has 0 aliphatic heterocycles. The van der Waals surface area contributed by atoms with Gasteiger partial charge in [0.25, 0.3) is 5.91 Å². The molecule has 0 bridgehead atoms. The van der Waals surface area contributed by atoms with Crippen LogP contribution in [-0.4, -0.2) is 24.3 Å². The van der Waals surface area contributed by atoms with Crippen LogP contribution in [0.1, 0.15) is 15.9 Å². The zero-order chi connectivity index (χ0) is 24.0. The number of amides is 1. The zero-order valence-corrected chi connectivity index (χ0v) is 17.7. The van der Waals surface area contributed by atoms with Gasteiger partial charge in [-0.05, 0) is 60.7 Å². The second kappa shape index (κ2) is 10.1. The Morgan fingerprint density at radius 3 is 2.09 bits per heavy atom. The number of rotatable bonds is 8. The van der Waals surface area contributed by atoms with Crippen LogP contribution in [-0.2, 0) is 6.18 Å². The van der Waals surface area contributed by atoms with Crippen LogP contribution in [0.4, 0.5) is 18.9 Å². The van der Waals surface area contributed by atoms with E-state index >= 15 is 0 Å². The lowest BCUT2D eigenvalue weighted by Gasteiger charge is -2.09. The summed E-state index contributed by atoms with van der Waals surface area (Å²) < 4.78 is 54.6. The summed E-state index contributed by atoms with van der Waals surface area (Å²) >= 11 is 0. The van der Waals surface area contributed by atoms with Gasteiger partial charge in [-0.15, -0.1) is 0 Å². The Balaban J connectivity index is 1.35. The van der Waals surface area contributed by atoms with E-state index in [9.17, 15) is 18.0 Å². The molecule has 6 nitrogen and oxygen atoms in total. The van der Waals surface area contributed by atoms with Crippen LogP contribution >= 0.6 is 0 Å². The highest BCUT2D eigenvalue weighted by atomic mass is 19.4. The summed E-state index contributed by atoms with van der Waals surface area (Å²) in [4.78, 5) is 12.6. The summed E-state index contributed by atoms with van der Waals surface area (Å²) in [5.41, 5.74) is 0.143. The fraction of sp³-hybridized carbons (Fsp3) is 0.120. The summed E-state index contributed by atoms with van der Waals surface area (Å²) in [6.07, 6.45) is -3.20. The van der Waals surface area contributed by atoms with Crippen molar-refractivity contribution in [1.82, 2.24) is 5.16 Å². The Bertz CT molecular complexity index is 1220. The van der Waals surface area contributed by atoms with Crippen molar-refractivity contribution in [3.05, 3.63) is 96.2 Å². The highest BCUT2D eigenvalue weighted by Gasteiger charge is 2.30. The zero-order valence-electron chi connectivity index (χ0n) is 17.7. The van der Waals surface area contributed by atoms with Gasteiger partial charge in [0.1, 0.15) is 30.3 Å². The number of alkyl halides is 3. The summed E-state index contributed by atoms with van der Waals surface area (Å²) in [5, 5.41) is 6.23. The molecule has 1 heterocycles. The van der Waals surface area contributed by atoms with E-state index in [1.165, 1.54) is 18.3 Å². The minimum absolute atomic E-state index is 0.143. The molecule has 0 aliphatic rings. The van der Waals surface area contributed by atoms with Gasteiger partial charge in [-0.3, -0.25) is 4.79 Å². The molecule has 0 unspecified atom stereocenters. The maximum absolute atomic E-state index is 12.7. The third kappa shape index (κ3) is 5.74. The Hall–Kier alpha value is -4.27. The molecule has 0 fully saturated rings. The van der Waals surface area contributed by atoms with Crippen LogP contribution < -0.4 is 14.8 Å². The maximum atomic E-state index is 12.7. The Morgan fingerprint density at radius 2 is 1.47 bits per heavy atom. The lowest BCUT2D eigenvalue weighted by molar-refractivity contribution is -0.137. The van der Waals surface area contributed by atoms with Crippen molar-refractivity contribution in [2.75, 3.05) is 18.5 Å². The van der Waals surface area contributed by atoms with Crippen LogP contribution in [0, 0.1) is 0 Å². The molecule has 1 N–H and O–H groups in total. The number of aromatic nitrogens is 1. The van der Waals surface area contributed by atoms with Gasteiger partial charge in [0.15, 0.2) is 5.76 Å². The van der Waals surface area contributed by atoms with Crippen molar-refractivity contribution < 1.29 is 32.0 Å². The number of benzene rings is 3. The van der Waals surface area contributed by atoms with Gasteiger partial charge in [-0.1, -0.05) is 23.4 Å².